The van der Waals surface area contributed by atoms with Crippen molar-refractivity contribution in [2.24, 2.45) is 7.05 Å². The van der Waals surface area contributed by atoms with Gasteiger partial charge in [0.15, 0.2) is 11.6 Å². The summed E-state index contributed by atoms with van der Waals surface area (Å²) in [7, 11) is 3.24. The lowest BCUT2D eigenvalue weighted by atomic mass is 10.1. The number of aliphatic hydroxyl groups excluding tert-OH is 1. The third-order valence-electron chi connectivity index (χ3n) is 2.76. The van der Waals surface area contributed by atoms with Crippen molar-refractivity contribution in [2.75, 3.05) is 7.11 Å². The number of nitrogens with zero attached hydrogens (tertiary/aromatic N) is 1. The van der Waals surface area contributed by atoms with Crippen LogP contribution in [0, 0.1) is 5.82 Å². The lowest BCUT2D eigenvalue weighted by molar-refractivity contribution is 0.211. The van der Waals surface area contributed by atoms with Gasteiger partial charge in [-0.15, -0.1) is 0 Å². The molecule has 2 aromatic rings. The van der Waals surface area contributed by atoms with Gasteiger partial charge < -0.3 is 14.4 Å². The number of aryl methyl sites for hydroxylation is 1. The van der Waals surface area contributed by atoms with Crippen LogP contribution in [0.3, 0.4) is 0 Å². The zero-order valence-electron chi connectivity index (χ0n) is 9.72. The number of methoxy groups -OCH3 is 1. The number of aromatic nitrogens is 1. The average molecular weight is 235 g/mol. The molecule has 1 unspecified atom stereocenters. The molecule has 1 aromatic heterocycles. The predicted octanol–water partition coefficient (Wildman–Crippen LogP) is 2.25. The number of aliphatic hydroxyl groups is 1. The predicted molar refractivity (Wildman–Crippen MR) is 62.4 cm³/mol. The number of halogens is 1. The molecule has 0 saturated heterocycles. The fraction of sp³-hybridized carbons (Fsp3) is 0.231. The van der Waals surface area contributed by atoms with Gasteiger partial charge in [-0.1, -0.05) is 6.07 Å². The van der Waals surface area contributed by atoms with Gasteiger partial charge in [0.05, 0.1) is 12.8 Å². The second-order valence-corrected chi connectivity index (χ2v) is 3.84. The summed E-state index contributed by atoms with van der Waals surface area (Å²) in [4.78, 5) is 0. The van der Waals surface area contributed by atoms with Gasteiger partial charge in [0, 0.05) is 13.2 Å². The number of rotatable bonds is 3. The standard InChI is InChI=1S/C13H14FNO2/c1-15-7-3-4-11(15)13(16)9-5-6-12(17-2)10(14)8-9/h3-8,13,16H,1-2H3. The molecule has 0 amide bonds. The van der Waals surface area contributed by atoms with Crippen molar-refractivity contribution in [1.82, 2.24) is 4.57 Å². The molecule has 0 spiro atoms. The molecule has 2 rings (SSSR count). The first kappa shape index (κ1) is 11.7. The maximum atomic E-state index is 13.5. The maximum absolute atomic E-state index is 13.5. The third-order valence-corrected chi connectivity index (χ3v) is 2.76. The van der Waals surface area contributed by atoms with Crippen LogP contribution in [0.15, 0.2) is 36.5 Å². The summed E-state index contributed by atoms with van der Waals surface area (Å²) in [5.41, 5.74) is 1.22. The molecule has 17 heavy (non-hydrogen) atoms. The molecule has 0 aliphatic rings. The summed E-state index contributed by atoms with van der Waals surface area (Å²) in [5, 5.41) is 10.1. The highest BCUT2D eigenvalue weighted by atomic mass is 19.1. The smallest absolute Gasteiger partial charge is 0.165 e. The van der Waals surface area contributed by atoms with Crippen LogP contribution in [0.2, 0.25) is 0 Å². The van der Waals surface area contributed by atoms with E-state index in [1.54, 1.807) is 16.7 Å². The van der Waals surface area contributed by atoms with Crippen LogP contribution in [0.25, 0.3) is 0 Å². The van der Waals surface area contributed by atoms with Gasteiger partial charge in [-0.3, -0.25) is 0 Å². The van der Waals surface area contributed by atoms with E-state index in [9.17, 15) is 9.50 Å². The van der Waals surface area contributed by atoms with E-state index in [-0.39, 0.29) is 5.75 Å². The minimum Gasteiger partial charge on any atom is -0.494 e. The number of hydrogen-bond acceptors (Lipinski definition) is 2. The monoisotopic (exact) mass is 235 g/mol. The molecule has 0 aliphatic carbocycles. The Kier molecular flexibility index (Phi) is 3.15. The van der Waals surface area contributed by atoms with E-state index in [0.717, 1.165) is 5.69 Å². The first-order chi connectivity index (χ1) is 8.13. The van der Waals surface area contributed by atoms with Crippen molar-refractivity contribution in [3.05, 3.63) is 53.6 Å². The first-order valence-electron chi connectivity index (χ1n) is 5.26. The quantitative estimate of drug-likeness (QED) is 0.885. The zero-order valence-corrected chi connectivity index (χ0v) is 9.72. The molecule has 0 bridgehead atoms. The third kappa shape index (κ3) is 2.17. The number of benzene rings is 1. The van der Waals surface area contributed by atoms with E-state index in [2.05, 4.69) is 0 Å². The largest absolute Gasteiger partial charge is 0.494 e. The van der Waals surface area contributed by atoms with Crippen molar-refractivity contribution in [2.45, 2.75) is 6.10 Å². The van der Waals surface area contributed by atoms with Crippen LogP contribution < -0.4 is 4.74 Å². The summed E-state index contributed by atoms with van der Waals surface area (Å²) in [6.07, 6.45) is 0.994. The summed E-state index contributed by atoms with van der Waals surface area (Å²) < 4.78 is 20.1. The molecule has 0 fully saturated rings. The Bertz CT molecular complexity index is 522. The van der Waals surface area contributed by atoms with Crippen molar-refractivity contribution in [3.8, 4) is 5.75 Å². The zero-order chi connectivity index (χ0) is 12.4. The SMILES string of the molecule is COc1ccc(C(O)c2cccn2C)cc1F. The molecule has 1 aromatic carbocycles. The number of hydrogen-bond donors (Lipinski definition) is 1. The van der Waals surface area contributed by atoms with E-state index in [0.29, 0.717) is 5.56 Å². The van der Waals surface area contributed by atoms with Gasteiger partial charge in [-0.25, -0.2) is 4.39 Å². The summed E-state index contributed by atoms with van der Waals surface area (Å²) in [6.45, 7) is 0. The molecule has 90 valence electrons. The average Bonchev–Trinajstić information content (AvgIpc) is 2.74. The van der Waals surface area contributed by atoms with Crippen LogP contribution in [0.1, 0.15) is 17.4 Å². The fourth-order valence-corrected chi connectivity index (χ4v) is 1.78. The Morgan fingerprint density at radius 2 is 2.12 bits per heavy atom. The molecule has 0 saturated carbocycles. The van der Waals surface area contributed by atoms with E-state index in [4.69, 9.17) is 4.74 Å². The van der Waals surface area contributed by atoms with Crippen LogP contribution in [-0.4, -0.2) is 16.8 Å². The molecule has 1 N–H and O–H groups in total. The normalized spacial score (nSPS) is 12.5. The van der Waals surface area contributed by atoms with Gasteiger partial charge in [0.1, 0.15) is 6.10 Å². The Labute approximate surface area is 99.1 Å². The highest BCUT2D eigenvalue weighted by molar-refractivity contribution is 5.33. The lowest BCUT2D eigenvalue weighted by Crippen LogP contribution is -2.05. The Morgan fingerprint density at radius 1 is 1.35 bits per heavy atom. The molecule has 0 radical (unpaired) electrons. The van der Waals surface area contributed by atoms with Gasteiger partial charge in [-0.05, 0) is 29.8 Å². The van der Waals surface area contributed by atoms with E-state index in [1.807, 2.05) is 19.3 Å². The molecule has 1 atom stereocenters. The topological polar surface area (TPSA) is 34.4 Å². The van der Waals surface area contributed by atoms with E-state index in [1.165, 1.54) is 19.2 Å². The van der Waals surface area contributed by atoms with Crippen molar-refractivity contribution < 1.29 is 14.2 Å². The summed E-state index contributed by atoms with van der Waals surface area (Å²) >= 11 is 0. The van der Waals surface area contributed by atoms with E-state index >= 15 is 0 Å². The maximum Gasteiger partial charge on any atom is 0.165 e. The number of ether oxygens (including phenoxy) is 1. The molecule has 4 heteroatoms. The highest BCUT2D eigenvalue weighted by Gasteiger charge is 2.15. The minimum absolute atomic E-state index is 0.174. The highest BCUT2D eigenvalue weighted by Crippen LogP contribution is 2.26. The van der Waals surface area contributed by atoms with Gasteiger partial charge in [-0.2, -0.15) is 0 Å². The van der Waals surface area contributed by atoms with Crippen molar-refractivity contribution in [1.29, 1.82) is 0 Å². The molecule has 0 aliphatic heterocycles. The van der Waals surface area contributed by atoms with Crippen LogP contribution >= 0.6 is 0 Å². The molecule has 1 heterocycles. The van der Waals surface area contributed by atoms with Crippen LogP contribution in [-0.2, 0) is 7.05 Å². The Hall–Kier alpha value is -1.81. The first-order valence-corrected chi connectivity index (χ1v) is 5.26. The summed E-state index contributed by atoms with van der Waals surface area (Å²) in [6, 6.07) is 8.08. The second kappa shape index (κ2) is 4.59. The van der Waals surface area contributed by atoms with Gasteiger partial charge >= 0.3 is 0 Å². The molecular formula is C13H14FNO2. The molecule has 3 nitrogen and oxygen atoms in total. The van der Waals surface area contributed by atoms with Crippen molar-refractivity contribution >= 4 is 0 Å². The second-order valence-electron chi connectivity index (χ2n) is 3.84. The minimum atomic E-state index is -0.838. The van der Waals surface area contributed by atoms with Gasteiger partial charge in [0.2, 0.25) is 0 Å². The fourth-order valence-electron chi connectivity index (χ4n) is 1.78. The van der Waals surface area contributed by atoms with Crippen LogP contribution in [0.4, 0.5) is 4.39 Å². The Balaban J connectivity index is 2.35. The Morgan fingerprint density at radius 3 is 2.65 bits per heavy atom. The van der Waals surface area contributed by atoms with E-state index < -0.39 is 11.9 Å². The lowest BCUT2D eigenvalue weighted by Gasteiger charge is -2.13. The summed E-state index contributed by atoms with van der Waals surface area (Å²) in [5.74, 6) is -0.300. The van der Waals surface area contributed by atoms with Gasteiger partial charge in [0.25, 0.3) is 0 Å². The molecular weight excluding hydrogens is 221 g/mol. The van der Waals surface area contributed by atoms with Crippen molar-refractivity contribution in [3.63, 3.8) is 0 Å². The van der Waals surface area contributed by atoms with Crippen LogP contribution in [0.5, 0.6) is 5.75 Å².